The van der Waals surface area contributed by atoms with E-state index in [-0.39, 0.29) is 0 Å². The lowest BCUT2D eigenvalue weighted by atomic mass is 9.72. The Morgan fingerprint density at radius 1 is 0.283 bits per heavy atom. The van der Waals surface area contributed by atoms with Crippen LogP contribution in [0.4, 0.5) is 0 Å². The van der Waals surface area contributed by atoms with Crippen molar-refractivity contribution in [3.8, 4) is 0 Å². The molecule has 0 spiro atoms. The average Bonchev–Trinajstić information content (AvgIpc) is 3.77. The van der Waals surface area contributed by atoms with E-state index >= 15 is 0 Å². The summed E-state index contributed by atoms with van der Waals surface area (Å²) in [6.45, 7) is 52.2. The van der Waals surface area contributed by atoms with Crippen LogP contribution in [-0.4, -0.2) is 62.8 Å². The molecule has 0 radical (unpaired) electrons. The second-order valence-corrected chi connectivity index (χ2v) is 26.8. The Kier molecular flexibility index (Phi) is 27.0. The molecule has 360 valence electrons. The van der Waals surface area contributed by atoms with Crippen LogP contribution in [0.1, 0.15) is 247 Å². The van der Waals surface area contributed by atoms with Crippen molar-refractivity contribution in [2.75, 3.05) is 52.4 Å². The minimum absolute atomic E-state index is 0.413. The van der Waals surface area contributed by atoms with Gasteiger partial charge in [0.1, 0.15) is 0 Å². The highest BCUT2D eigenvalue weighted by molar-refractivity contribution is 4.83. The number of nitrogens with one attached hydrogen (secondary N) is 3. The van der Waals surface area contributed by atoms with Gasteiger partial charge in [0.2, 0.25) is 0 Å². The third kappa shape index (κ3) is 26.6. The van der Waals surface area contributed by atoms with Crippen LogP contribution in [0.5, 0.6) is 0 Å². The van der Waals surface area contributed by atoms with Gasteiger partial charge in [0.15, 0.2) is 0 Å². The van der Waals surface area contributed by atoms with Crippen LogP contribution in [0.15, 0.2) is 0 Å². The minimum Gasteiger partial charge on any atom is -0.317 e. The van der Waals surface area contributed by atoms with Crippen molar-refractivity contribution in [3.05, 3.63) is 0 Å². The molecule has 60 heavy (non-hydrogen) atoms. The van der Waals surface area contributed by atoms with Gasteiger partial charge in [0.25, 0.3) is 0 Å². The lowest BCUT2D eigenvalue weighted by Crippen LogP contribution is -2.38. The van der Waals surface area contributed by atoms with Crippen molar-refractivity contribution in [3.63, 3.8) is 0 Å². The molecule has 3 unspecified atom stereocenters. The third-order valence-electron chi connectivity index (χ3n) is 15.6. The summed E-state index contributed by atoms with van der Waals surface area (Å²) in [4.78, 5) is 2.55. The summed E-state index contributed by atoms with van der Waals surface area (Å²) in [6.07, 6.45) is 27.3. The molecular weight excluding hydrogens is 729 g/mol. The van der Waals surface area contributed by atoms with Crippen molar-refractivity contribution in [2.45, 2.75) is 252 Å². The van der Waals surface area contributed by atoms with Gasteiger partial charge >= 0.3 is 0 Å². The number of hydrogen-bond donors (Lipinski definition) is 3. The molecule has 0 aromatic heterocycles. The monoisotopic (exact) mass is 845 g/mol. The zero-order chi connectivity index (χ0) is 45.7. The maximum atomic E-state index is 3.50. The topological polar surface area (TPSA) is 39.3 Å². The molecule has 2 saturated carbocycles. The maximum absolute atomic E-state index is 3.50. The number of rotatable bonds is 0. The minimum atomic E-state index is 0.413. The number of nitrogens with zero attached hydrogens (tertiary/aromatic N) is 1. The predicted octanol–water partition coefficient (Wildman–Crippen LogP) is 15.6. The molecule has 3 atom stereocenters. The van der Waals surface area contributed by atoms with E-state index in [9.17, 15) is 0 Å². The second kappa shape index (κ2) is 28.0. The maximum Gasteiger partial charge on any atom is 0.0125 e. The average molecular weight is 846 g/mol. The molecule has 3 N–H and O–H groups in total. The molecule has 0 aromatic rings. The van der Waals surface area contributed by atoms with Gasteiger partial charge in [0.05, 0.1) is 0 Å². The van der Waals surface area contributed by atoms with Gasteiger partial charge < -0.3 is 16.0 Å². The quantitative estimate of drug-likeness (QED) is 0.227. The Morgan fingerprint density at radius 3 is 0.933 bits per heavy atom. The van der Waals surface area contributed by atoms with Gasteiger partial charge in [-0.05, 0) is 207 Å². The van der Waals surface area contributed by atoms with E-state index in [2.05, 4.69) is 145 Å². The Morgan fingerprint density at radius 2 is 0.583 bits per heavy atom. The number of likely N-dealkylation sites (tertiary alicyclic amines) is 1. The van der Waals surface area contributed by atoms with Crippen molar-refractivity contribution in [1.29, 1.82) is 0 Å². The first-order valence-corrected chi connectivity index (χ1v) is 26.5. The summed E-state index contributed by atoms with van der Waals surface area (Å²) >= 11 is 0. The standard InChI is InChI=1S/2C10H21N.2C10H20.2C8H17N/c1-10(2,3)9-5-4-7-11-8-6-9;1-10(2,3)9-6-4-5-7-11-8-9;2*1-10(2,3)9-7-5-4-6-8-9;1-8(2,3)7-4-5-9-6-7;1-8(2,3)9-6-4-5-7-9/h2*9,11H,4-8H2,1-3H3;2*9H,4-8H2,1-3H3;7,9H,4-6H2,1-3H3;4-7H2,1-3H3. The fourth-order valence-corrected chi connectivity index (χ4v) is 10.4. The molecule has 2 aliphatic carbocycles. The molecule has 4 heteroatoms. The predicted molar refractivity (Wildman–Crippen MR) is 272 cm³/mol. The fourth-order valence-electron chi connectivity index (χ4n) is 10.4. The van der Waals surface area contributed by atoms with Crippen LogP contribution >= 0.6 is 0 Å². The summed E-state index contributed by atoms with van der Waals surface area (Å²) in [7, 11) is 0. The lowest BCUT2D eigenvalue weighted by molar-refractivity contribution is 0.175. The first-order valence-electron chi connectivity index (χ1n) is 26.5. The summed E-state index contributed by atoms with van der Waals surface area (Å²) in [5.74, 6) is 4.71. The van der Waals surface area contributed by atoms with E-state index in [0.29, 0.717) is 32.6 Å². The van der Waals surface area contributed by atoms with Gasteiger partial charge in [0, 0.05) is 5.54 Å². The van der Waals surface area contributed by atoms with Crippen LogP contribution in [0, 0.1) is 56.7 Å². The Labute approximate surface area is 380 Å². The Bertz CT molecular complexity index is 914. The highest BCUT2D eigenvalue weighted by atomic mass is 15.2. The summed E-state index contributed by atoms with van der Waals surface area (Å²) in [5, 5.41) is 10.3. The van der Waals surface area contributed by atoms with Crippen LogP contribution in [0.2, 0.25) is 0 Å². The molecule has 4 aliphatic heterocycles. The molecule has 4 nitrogen and oxygen atoms in total. The first kappa shape index (κ1) is 57.9. The molecule has 6 aliphatic rings. The molecule has 0 amide bonds. The Hall–Kier alpha value is -0.160. The van der Waals surface area contributed by atoms with E-state index in [1.54, 1.807) is 0 Å². The van der Waals surface area contributed by atoms with Gasteiger partial charge in [-0.1, -0.05) is 149 Å². The SMILES string of the molecule is CC(C)(C)C1CCCCC1.CC(C)(C)C1CCCCC1.CC(C)(C)C1CCCCNC1.CC(C)(C)C1CCCNCC1.CC(C)(C)C1CCNC1.CC(C)(C)N1CCCC1. The molecular formula is C56H116N4. The smallest absolute Gasteiger partial charge is 0.0125 e. The van der Waals surface area contributed by atoms with Gasteiger partial charge in [-0.25, -0.2) is 0 Å². The van der Waals surface area contributed by atoms with E-state index < -0.39 is 0 Å². The van der Waals surface area contributed by atoms with Crippen molar-refractivity contribution in [2.24, 2.45) is 56.7 Å². The van der Waals surface area contributed by atoms with E-state index in [1.807, 2.05) is 0 Å². The first-order chi connectivity index (χ1) is 27.6. The Balaban J connectivity index is 0.000000361. The lowest BCUT2D eigenvalue weighted by Gasteiger charge is -2.33. The fraction of sp³-hybridized carbons (Fsp3) is 1.00. The van der Waals surface area contributed by atoms with E-state index in [1.165, 1.54) is 174 Å². The summed E-state index contributed by atoms with van der Waals surface area (Å²) < 4.78 is 0. The van der Waals surface area contributed by atoms with Crippen LogP contribution in [0.25, 0.3) is 0 Å². The molecule has 4 heterocycles. The molecule has 0 aromatic carbocycles. The van der Waals surface area contributed by atoms with Crippen LogP contribution in [0.3, 0.4) is 0 Å². The third-order valence-corrected chi connectivity index (χ3v) is 15.6. The highest BCUT2D eigenvalue weighted by Crippen LogP contribution is 2.39. The second-order valence-electron chi connectivity index (χ2n) is 26.8. The zero-order valence-corrected chi connectivity index (χ0v) is 44.9. The molecule has 0 bridgehead atoms. The number of hydrogen-bond acceptors (Lipinski definition) is 4. The van der Waals surface area contributed by atoms with Gasteiger partial charge in [-0.3, -0.25) is 4.90 Å². The molecule has 6 fully saturated rings. The normalized spacial score (nSPS) is 25.8. The largest absolute Gasteiger partial charge is 0.317 e. The summed E-state index contributed by atoms with van der Waals surface area (Å²) in [6, 6.07) is 0. The zero-order valence-electron chi connectivity index (χ0n) is 44.9. The van der Waals surface area contributed by atoms with Crippen molar-refractivity contribution in [1.82, 2.24) is 20.9 Å². The molecule has 4 saturated heterocycles. The van der Waals surface area contributed by atoms with Gasteiger partial charge in [-0.2, -0.15) is 0 Å². The highest BCUT2D eigenvalue weighted by Gasteiger charge is 2.29. The van der Waals surface area contributed by atoms with E-state index in [4.69, 9.17) is 0 Å². The summed E-state index contributed by atoms with van der Waals surface area (Å²) in [5.41, 5.74) is 3.09. The van der Waals surface area contributed by atoms with Gasteiger partial charge in [-0.15, -0.1) is 0 Å². The van der Waals surface area contributed by atoms with E-state index in [0.717, 1.165) is 29.6 Å². The van der Waals surface area contributed by atoms with Crippen molar-refractivity contribution < 1.29 is 0 Å². The van der Waals surface area contributed by atoms with Crippen LogP contribution in [-0.2, 0) is 0 Å². The van der Waals surface area contributed by atoms with Crippen LogP contribution < -0.4 is 16.0 Å². The van der Waals surface area contributed by atoms with Crippen molar-refractivity contribution >= 4 is 0 Å². The molecule has 6 rings (SSSR count).